The Kier molecular flexibility index (Phi) is 8.64. The second-order valence-electron chi connectivity index (χ2n) is 10.6. The molecule has 0 spiro atoms. The van der Waals surface area contributed by atoms with E-state index in [9.17, 15) is 4.79 Å². The molecule has 0 bridgehead atoms. The lowest BCUT2D eigenvalue weighted by Crippen LogP contribution is -2.52. The van der Waals surface area contributed by atoms with Gasteiger partial charge >= 0.3 is 0 Å². The van der Waals surface area contributed by atoms with Crippen molar-refractivity contribution in [2.45, 2.75) is 44.8 Å². The zero-order valence-electron chi connectivity index (χ0n) is 22.4. The molecule has 3 aliphatic rings. The zero-order valence-corrected chi connectivity index (χ0v) is 22.4. The van der Waals surface area contributed by atoms with Crippen LogP contribution in [0.3, 0.4) is 0 Å². The quantitative estimate of drug-likeness (QED) is 0.544. The summed E-state index contributed by atoms with van der Waals surface area (Å²) in [5.74, 6) is 2.35. The maximum absolute atomic E-state index is 13.0. The van der Waals surface area contributed by atoms with E-state index in [0.717, 1.165) is 76.6 Å². The summed E-state index contributed by atoms with van der Waals surface area (Å²) in [6.07, 6.45) is 3.70. The van der Waals surface area contributed by atoms with Crippen LogP contribution in [-0.2, 0) is 29.0 Å². The molecule has 2 saturated heterocycles. The van der Waals surface area contributed by atoms with Crippen LogP contribution in [0, 0.1) is 5.92 Å². The first-order valence-electron chi connectivity index (χ1n) is 13.7. The van der Waals surface area contributed by atoms with E-state index in [-0.39, 0.29) is 5.91 Å². The van der Waals surface area contributed by atoms with Gasteiger partial charge in [-0.25, -0.2) is 0 Å². The monoisotopic (exact) mass is 507 g/mol. The van der Waals surface area contributed by atoms with Crippen LogP contribution in [0.1, 0.15) is 36.0 Å². The third-order valence-corrected chi connectivity index (χ3v) is 8.34. The molecule has 3 aliphatic heterocycles. The fourth-order valence-corrected chi connectivity index (χ4v) is 6.31. The summed E-state index contributed by atoms with van der Waals surface area (Å²) >= 11 is 0. The van der Waals surface area contributed by atoms with E-state index in [2.05, 4.69) is 52.3 Å². The van der Waals surface area contributed by atoms with Gasteiger partial charge in [-0.2, -0.15) is 0 Å². The van der Waals surface area contributed by atoms with Gasteiger partial charge in [0.05, 0.1) is 27.4 Å². The molecule has 0 aromatic heterocycles. The van der Waals surface area contributed by atoms with Gasteiger partial charge in [-0.05, 0) is 60.5 Å². The van der Waals surface area contributed by atoms with Gasteiger partial charge in [0, 0.05) is 51.7 Å². The molecule has 0 N–H and O–H groups in total. The molecule has 0 radical (unpaired) electrons. The molecular weight excluding hydrogens is 466 g/mol. The van der Waals surface area contributed by atoms with E-state index in [1.165, 1.54) is 16.7 Å². The highest BCUT2D eigenvalue weighted by molar-refractivity contribution is 5.76. The first kappa shape index (κ1) is 26.0. The van der Waals surface area contributed by atoms with Crippen molar-refractivity contribution < 1.29 is 19.0 Å². The number of hydrogen-bond donors (Lipinski definition) is 0. The highest BCUT2D eigenvalue weighted by Crippen LogP contribution is 2.36. The van der Waals surface area contributed by atoms with Crippen LogP contribution in [0.5, 0.6) is 11.5 Å². The summed E-state index contributed by atoms with van der Waals surface area (Å²) in [6.45, 7) is 7.82. The number of morpholine rings is 1. The van der Waals surface area contributed by atoms with Crippen LogP contribution < -0.4 is 9.47 Å². The van der Waals surface area contributed by atoms with Crippen LogP contribution in [0.25, 0.3) is 0 Å². The van der Waals surface area contributed by atoms with Gasteiger partial charge in [-0.3, -0.25) is 14.6 Å². The average molecular weight is 508 g/mol. The normalized spacial score (nSPS) is 22.9. The van der Waals surface area contributed by atoms with Crippen molar-refractivity contribution in [2.24, 2.45) is 5.92 Å². The molecule has 37 heavy (non-hydrogen) atoms. The second-order valence-corrected chi connectivity index (χ2v) is 10.6. The molecule has 7 heteroatoms. The maximum atomic E-state index is 13.0. The number of methoxy groups -OCH3 is 2. The van der Waals surface area contributed by atoms with Crippen molar-refractivity contribution in [1.82, 2.24) is 14.7 Å². The van der Waals surface area contributed by atoms with Crippen LogP contribution in [0.2, 0.25) is 0 Å². The number of rotatable bonds is 8. The summed E-state index contributed by atoms with van der Waals surface area (Å²) in [4.78, 5) is 20.2. The predicted octanol–water partition coefficient (Wildman–Crippen LogP) is 3.59. The van der Waals surface area contributed by atoms with E-state index < -0.39 is 0 Å². The molecule has 5 rings (SSSR count). The summed E-state index contributed by atoms with van der Waals surface area (Å²) in [5.41, 5.74) is 4.05. The summed E-state index contributed by atoms with van der Waals surface area (Å²) < 4.78 is 16.6. The van der Waals surface area contributed by atoms with E-state index in [0.29, 0.717) is 31.6 Å². The number of likely N-dealkylation sites (tertiary alicyclic amines) is 1. The van der Waals surface area contributed by atoms with E-state index in [1.54, 1.807) is 14.2 Å². The molecule has 2 fully saturated rings. The molecule has 3 heterocycles. The molecule has 0 unspecified atom stereocenters. The number of ether oxygens (including phenoxy) is 3. The van der Waals surface area contributed by atoms with E-state index in [1.807, 2.05) is 4.90 Å². The fraction of sp³-hybridized carbons (Fsp3) is 0.567. The standard InChI is InChI=1S/C30H41N3O4/c1-35-28-18-24-10-13-33(22-26(24)19-29(28)36-2)27-11-12-31(20-23-6-4-3-5-7-23)21-25(27)8-9-30(34)32-14-16-37-17-15-32/h3-7,18-19,25,27H,8-17,20-22H2,1-2H3/t25-,27+/m0/s1. The average Bonchev–Trinajstić information content (AvgIpc) is 2.96. The van der Waals surface area contributed by atoms with Gasteiger partial charge in [-0.15, -0.1) is 0 Å². The third-order valence-electron chi connectivity index (χ3n) is 8.34. The molecule has 2 aromatic carbocycles. The highest BCUT2D eigenvalue weighted by Gasteiger charge is 2.35. The van der Waals surface area contributed by atoms with Crippen LogP contribution >= 0.6 is 0 Å². The SMILES string of the molecule is COc1cc2c(cc1OC)CN([C@@H]1CCN(Cc3ccccc3)C[C@@H]1CCC(=O)N1CCOCC1)CC2. The first-order valence-corrected chi connectivity index (χ1v) is 13.7. The number of fused-ring (bicyclic) bond motifs is 1. The lowest BCUT2D eigenvalue weighted by molar-refractivity contribution is -0.135. The van der Waals surface area contributed by atoms with Crippen molar-refractivity contribution in [3.8, 4) is 11.5 Å². The Labute approximate surface area is 221 Å². The van der Waals surface area contributed by atoms with Gasteiger partial charge < -0.3 is 19.1 Å². The number of amides is 1. The predicted molar refractivity (Wildman–Crippen MR) is 144 cm³/mol. The Morgan fingerprint density at radius 3 is 2.43 bits per heavy atom. The van der Waals surface area contributed by atoms with Crippen LogP contribution in [0.4, 0.5) is 0 Å². The van der Waals surface area contributed by atoms with Gasteiger partial charge in [0.1, 0.15) is 0 Å². The molecule has 2 aromatic rings. The molecule has 1 amide bonds. The fourth-order valence-electron chi connectivity index (χ4n) is 6.31. The largest absolute Gasteiger partial charge is 0.493 e. The van der Waals surface area contributed by atoms with Crippen molar-refractivity contribution >= 4 is 5.91 Å². The zero-order chi connectivity index (χ0) is 25.6. The number of carbonyl (C=O) groups excluding carboxylic acids is 1. The van der Waals surface area contributed by atoms with Crippen molar-refractivity contribution in [2.75, 3.05) is 60.2 Å². The molecule has 7 nitrogen and oxygen atoms in total. The molecule has 0 saturated carbocycles. The summed E-state index contributed by atoms with van der Waals surface area (Å²) in [7, 11) is 3.40. The molecule has 2 atom stereocenters. The Hall–Kier alpha value is -2.61. The van der Waals surface area contributed by atoms with Gasteiger partial charge in [0.25, 0.3) is 0 Å². The lowest BCUT2D eigenvalue weighted by Gasteiger charge is -2.46. The van der Waals surface area contributed by atoms with E-state index >= 15 is 0 Å². The number of nitrogens with zero attached hydrogens (tertiary/aromatic N) is 3. The molecular formula is C30H41N3O4. The van der Waals surface area contributed by atoms with Gasteiger partial charge in [-0.1, -0.05) is 30.3 Å². The third kappa shape index (κ3) is 6.28. The summed E-state index contributed by atoms with van der Waals surface area (Å²) in [5, 5.41) is 0. The Bertz CT molecular complexity index is 1040. The molecule has 200 valence electrons. The topological polar surface area (TPSA) is 54.5 Å². The Balaban J connectivity index is 1.29. The van der Waals surface area contributed by atoms with Crippen LogP contribution in [0.15, 0.2) is 42.5 Å². The highest BCUT2D eigenvalue weighted by atomic mass is 16.5. The van der Waals surface area contributed by atoms with Crippen LogP contribution in [-0.4, -0.2) is 86.8 Å². The Morgan fingerprint density at radius 1 is 0.973 bits per heavy atom. The lowest BCUT2D eigenvalue weighted by atomic mass is 9.85. The number of hydrogen-bond acceptors (Lipinski definition) is 6. The minimum absolute atomic E-state index is 0.281. The first-order chi connectivity index (χ1) is 18.1. The Morgan fingerprint density at radius 2 is 1.70 bits per heavy atom. The number of carbonyl (C=O) groups is 1. The van der Waals surface area contributed by atoms with Gasteiger partial charge in [0.2, 0.25) is 5.91 Å². The summed E-state index contributed by atoms with van der Waals surface area (Å²) in [6, 6.07) is 15.5. The molecule has 0 aliphatic carbocycles. The van der Waals surface area contributed by atoms with Crippen molar-refractivity contribution in [3.63, 3.8) is 0 Å². The smallest absolute Gasteiger partial charge is 0.222 e. The number of benzene rings is 2. The van der Waals surface area contributed by atoms with Crippen molar-refractivity contribution in [1.29, 1.82) is 0 Å². The second kappa shape index (κ2) is 12.3. The maximum Gasteiger partial charge on any atom is 0.222 e. The van der Waals surface area contributed by atoms with Gasteiger partial charge in [0.15, 0.2) is 11.5 Å². The number of piperidine rings is 1. The van der Waals surface area contributed by atoms with Crippen molar-refractivity contribution in [3.05, 3.63) is 59.2 Å². The minimum Gasteiger partial charge on any atom is -0.493 e. The van der Waals surface area contributed by atoms with E-state index in [4.69, 9.17) is 14.2 Å². The minimum atomic E-state index is 0.281.